The highest BCUT2D eigenvalue weighted by Gasteiger charge is 2.24. The monoisotopic (exact) mass is 322 g/mol. The van der Waals surface area contributed by atoms with Crippen LogP contribution < -0.4 is 4.90 Å². The Balaban J connectivity index is 1.82. The van der Waals surface area contributed by atoms with Crippen LogP contribution >= 0.6 is 0 Å². The second kappa shape index (κ2) is 5.65. The van der Waals surface area contributed by atoms with Crippen molar-refractivity contribution in [3.8, 4) is 5.82 Å². The Kier molecular flexibility index (Phi) is 3.83. The van der Waals surface area contributed by atoms with E-state index in [-0.39, 0.29) is 0 Å². The molecule has 0 aromatic carbocycles. The summed E-state index contributed by atoms with van der Waals surface area (Å²) in [7, 11) is -3.12. The maximum Gasteiger partial charge on any atom is 0.211 e. The summed E-state index contributed by atoms with van der Waals surface area (Å²) < 4.78 is 26.4. The number of hydrogen-bond donors (Lipinski definition) is 0. The number of hydrogen-bond acceptors (Lipinski definition) is 6. The highest BCUT2D eigenvalue weighted by Crippen LogP contribution is 2.18. The average Bonchev–Trinajstić information content (AvgIpc) is 3.00. The topological polar surface area (TPSA) is 84.2 Å². The van der Waals surface area contributed by atoms with Crippen molar-refractivity contribution in [1.82, 2.24) is 23.8 Å². The fraction of sp³-hybridized carbons (Fsp3) is 0.462. The van der Waals surface area contributed by atoms with E-state index in [1.54, 1.807) is 12.5 Å². The highest BCUT2D eigenvalue weighted by atomic mass is 32.2. The lowest BCUT2D eigenvalue weighted by atomic mass is 10.3. The Hall–Kier alpha value is -2.00. The molecule has 1 aliphatic rings. The van der Waals surface area contributed by atoms with Crippen molar-refractivity contribution in [3.63, 3.8) is 0 Å². The molecule has 1 saturated heterocycles. The maximum absolute atomic E-state index is 11.6. The second-order valence-corrected chi connectivity index (χ2v) is 7.23. The molecular formula is C13H18N6O2S. The molecule has 22 heavy (non-hydrogen) atoms. The molecule has 0 atom stereocenters. The van der Waals surface area contributed by atoms with Gasteiger partial charge in [-0.2, -0.15) is 4.31 Å². The first kappa shape index (κ1) is 14.9. The van der Waals surface area contributed by atoms with Crippen molar-refractivity contribution in [2.45, 2.75) is 6.92 Å². The Bertz CT molecular complexity index is 751. The zero-order valence-electron chi connectivity index (χ0n) is 12.5. The number of nitrogens with zero attached hydrogens (tertiary/aromatic N) is 6. The van der Waals surface area contributed by atoms with Crippen molar-refractivity contribution >= 4 is 15.8 Å². The first-order valence-electron chi connectivity index (χ1n) is 6.97. The van der Waals surface area contributed by atoms with Gasteiger partial charge in [-0.3, -0.25) is 4.57 Å². The van der Waals surface area contributed by atoms with Crippen molar-refractivity contribution in [2.24, 2.45) is 0 Å². The van der Waals surface area contributed by atoms with Crippen molar-refractivity contribution in [3.05, 3.63) is 30.6 Å². The third kappa shape index (κ3) is 3.09. The van der Waals surface area contributed by atoms with Crippen LogP contribution in [0.25, 0.3) is 5.82 Å². The molecule has 0 saturated carbocycles. The van der Waals surface area contributed by atoms with Gasteiger partial charge in [0.25, 0.3) is 0 Å². The number of imidazole rings is 1. The first-order valence-corrected chi connectivity index (χ1v) is 8.82. The molecule has 0 spiro atoms. The van der Waals surface area contributed by atoms with E-state index in [9.17, 15) is 8.42 Å². The summed E-state index contributed by atoms with van der Waals surface area (Å²) >= 11 is 0. The molecule has 9 heteroatoms. The van der Waals surface area contributed by atoms with Crippen molar-refractivity contribution < 1.29 is 8.42 Å². The molecule has 0 aliphatic carbocycles. The van der Waals surface area contributed by atoms with Gasteiger partial charge in [-0.05, 0) is 6.92 Å². The molecule has 0 unspecified atom stereocenters. The van der Waals surface area contributed by atoms with Gasteiger partial charge in [0.15, 0.2) is 0 Å². The molecule has 0 N–H and O–H groups in total. The van der Waals surface area contributed by atoms with Gasteiger partial charge in [0.1, 0.15) is 23.8 Å². The van der Waals surface area contributed by atoms with Crippen LogP contribution in [0.1, 0.15) is 5.82 Å². The van der Waals surface area contributed by atoms with Gasteiger partial charge in [-0.25, -0.2) is 23.4 Å². The molecule has 2 aromatic heterocycles. The van der Waals surface area contributed by atoms with Crippen LogP contribution in [0.3, 0.4) is 0 Å². The molecule has 0 radical (unpaired) electrons. The summed E-state index contributed by atoms with van der Waals surface area (Å²) in [5.74, 6) is 2.24. The lowest BCUT2D eigenvalue weighted by molar-refractivity contribution is 0.387. The maximum atomic E-state index is 11.6. The standard InChI is InChI=1S/C13H18N6O2S/c1-11-15-12(9-13(16-11)18-4-3-14-10-18)17-5-7-19(8-6-17)22(2,20)21/h3-4,9-10H,5-8H2,1-2H3. The minimum Gasteiger partial charge on any atom is -0.354 e. The summed E-state index contributed by atoms with van der Waals surface area (Å²) in [6, 6.07) is 1.89. The summed E-state index contributed by atoms with van der Waals surface area (Å²) in [6.07, 6.45) is 6.46. The van der Waals surface area contributed by atoms with Gasteiger partial charge in [0, 0.05) is 44.6 Å². The first-order chi connectivity index (χ1) is 10.4. The normalized spacial score (nSPS) is 16.9. The highest BCUT2D eigenvalue weighted by molar-refractivity contribution is 7.88. The minimum absolute atomic E-state index is 0.474. The van der Waals surface area contributed by atoms with Gasteiger partial charge in [-0.1, -0.05) is 0 Å². The number of aromatic nitrogens is 4. The van der Waals surface area contributed by atoms with Crippen LogP contribution in [0.2, 0.25) is 0 Å². The van der Waals surface area contributed by atoms with Crippen LogP contribution in [-0.2, 0) is 10.0 Å². The molecule has 8 nitrogen and oxygen atoms in total. The fourth-order valence-electron chi connectivity index (χ4n) is 2.47. The van der Waals surface area contributed by atoms with E-state index < -0.39 is 10.0 Å². The van der Waals surface area contributed by atoms with E-state index in [2.05, 4.69) is 19.9 Å². The molecule has 0 bridgehead atoms. The Morgan fingerprint density at radius 2 is 1.77 bits per heavy atom. The number of aryl methyl sites for hydroxylation is 1. The SMILES string of the molecule is Cc1nc(N2CCN(S(C)(=O)=O)CC2)cc(-n2ccnc2)n1. The second-order valence-electron chi connectivity index (χ2n) is 5.25. The van der Waals surface area contributed by atoms with Gasteiger partial charge in [0.05, 0.1) is 6.26 Å². The number of anilines is 1. The summed E-state index contributed by atoms with van der Waals surface area (Å²) in [6.45, 7) is 4.03. The largest absolute Gasteiger partial charge is 0.354 e. The molecule has 1 aliphatic heterocycles. The molecule has 3 heterocycles. The minimum atomic E-state index is -3.12. The van der Waals surface area contributed by atoms with E-state index in [0.29, 0.717) is 32.0 Å². The van der Waals surface area contributed by atoms with Gasteiger partial charge < -0.3 is 4.90 Å². The summed E-state index contributed by atoms with van der Waals surface area (Å²) in [4.78, 5) is 15.0. The Morgan fingerprint density at radius 1 is 1.09 bits per heavy atom. The molecule has 2 aromatic rings. The third-order valence-corrected chi connectivity index (χ3v) is 4.91. The Morgan fingerprint density at radius 3 is 2.36 bits per heavy atom. The predicted molar refractivity (Wildman–Crippen MR) is 82.5 cm³/mol. The average molecular weight is 322 g/mol. The molecule has 118 valence electrons. The predicted octanol–water partition coefficient (Wildman–Crippen LogP) is 0.0523. The number of rotatable bonds is 3. The van der Waals surface area contributed by atoms with Crippen LogP contribution in [0.15, 0.2) is 24.8 Å². The lowest BCUT2D eigenvalue weighted by Crippen LogP contribution is -2.48. The van der Waals surface area contributed by atoms with Crippen molar-refractivity contribution in [2.75, 3.05) is 37.3 Å². The van der Waals surface area contributed by atoms with Gasteiger partial charge in [0.2, 0.25) is 10.0 Å². The zero-order chi connectivity index (χ0) is 15.7. The third-order valence-electron chi connectivity index (χ3n) is 3.61. The fourth-order valence-corrected chi connectivity index (χ4v) is 3.30. The molecule has 0 amide bonds. The molecule has 1 fully saturated rings. The van der Waals surface area contributed by atoms with Gasteiger partial charge in [-0.15, -0.1) is 0 Å². The van der Waals surface area contributed by atoms with Gasteiger partial charge >= 0.3 is 0 Å². The zero-order valence-corrected chi connectivity index (χ0v) is 13.4. The smallest absolute Gasteiger partial charge is 0.211 e. The van der Waals surface area contributed by atoms with Crippen LogP contribution in [0.4, 0.5) is 5.82 Å². The summed E-state index contributed by atoms with van der Waals surface area (Å²) in [5.41, 5.74) is 0. The molecule has 3 rings (SSSR count). The molecular weight excluding hydrogens is 304 g/mol. The quantitative estimate of drug-likeness (QED) is 0.794. The van der Waals surface area contributed by atoms with E-state index in [4.69, 9.17) is 0 Å². The van der Waals surface area contributed by atoms with E-state index in [0.717, 1.165) is 11.6 Å². The number of sulfonamides is 1. The van der Waals surface area contributed by atoms with Crippen LogP contribution in [0, 0.1) is 6.92 Å². The Labute approximate surface area is 129 Å². The summed E-state index contributed by atoms with van der Waals surface area (Å²) in [5, 5.41) is 0. The number of piperazine rings is 1. The van der Waals surface area contributed by atoms with E-state index >= 15 is 0 Å². The van der Waals surface area contributed by atoms with Crippen LogP contribution in [0.5, 0.6) is 0 Å². The van der Waals surface area contributed by atoms with E-state index in [1.165, 1.54) is 10.6 Å². The van der Waals surface area contributed by atoms with Crippen LogP contribution in [-0.4, -0.2) is 64.7 Å². The van der Waals surface area contributed by atoms with Crippen molar-refractivity contribution in [1.29, 1.82) is 0 Å². The van der Waals surface area contributed by atoms with E-state index in [1.807, 2.05) is 23.8 Å². The lowest BCUT2D eigenvalue weighted by Gasteiger charge is -2.34.